The van der Waals surface area contributed by atoms with Crippen LogP contribution < -0.4 is 0 Å². The molecule has 7 N–H and O–H groups in total. The van der Waals surface area contributed by atoms with Crippen LogP contribution >= 0.6 is 0 Å². The van der Waals surface area contributed by atoms with Crippen LogP contribution in [0.15, 0.2) is 11.6 Å². The Morgan fingerprint density at radius 2 is 1.42 bits per heavy atom. The van der Waals surface area contributed by atoms with Crippen LogP contribution in [-0.4, -0.2) is 166 Å². The monoisotopic (exact) mass is 882 g/mol. The topological polar surface area (TPSA) is 225 Å². The summed E-state index contributed by atoms with van der Waals surface area (Å²) in [6, 6.07) is 0. The fourth-order valence-electron chi connectivity index (χ4n) is 14.3. The van der Waals surface area contributed by atoms with Gasteiger partial charge >= 0.3 is 0 Å². The van der Waals surface area contributed by atoms with Crippen LogP contribution in [0.25, 0.3) is 0 Å². The van der Waals surface area contributed by atoms with Gasteiger partial charge in [0.2, 0.25) is 0 Å². The maximum atomic E-state index is 12.1. The number of aliphatic hydroxyl groups excluding tert-OH is 7. The average molecular weight is 883 g/mol. The van der Waals surface area contributed by atoms with E-state index >= 15 is 0 Å². The van der Waals surface area contributed by atoms with Crippen LogP contribution in [0.5, 0.6) is 0 Å². The quantitative estimate of drug-likeness (QED) is 0.173. The lowest BCUT2D eigenvalue weighted by Gasteiger charge is -2.59. The predicted molar refractivity (Wildman–Crippen MR) is 218 cm³/mol. The third kappa shape index (κ3) is 7.50. The van der Waals surface area contributed by atoms with Crippen molar-refractivity contribution in [1.29, 1.82) is 0 Å². The van der Waals surface area contributed by atoms with Crippen LogP contribution in [0, 0.1) is 46.3 Å². The first kappa shape index (κ1) is 46.2. The van der Waals surface area contributed by atoms with Gasteiger partial charge in [0, 0.05) is 19.4 Å². The molecular weight excluding hydrogens is 808 g/mol. The third-order valence-corrected chi connectivity index (χ3v) is 17.9. The maximum Gasteiger partial charge on any atom is 0.187 e. The number of ether oxygens (including phenoxy) is 9. The predicted octanol–water partition coefficient (Wildman–Crippen LogP) is 1.90. The summed E-state index contributed by atoms with van der Waals surface area (Å²) in [4.78, 5) is 0. The van der Waals surface area contributed by atoms with Gasteiger partial charge in [0.15, 0.2) is 24.7 Å². The van der Waals surface area contributed by atoms with Gasteiger partial charge in [-0.15, -0.1) is 0 Å². The molecule has 0 unspecified atom stereocenters. The van der Waals surface area contributed by atoms with E-state index in [2.05, 4.69) is 33.8 Å². The molecule has 0 bridgehead atoms. The molecule has 16 heteroatoms. The fraction of sp³-hybridized carbons (Fsp3) is 0.957. The third-order valence-electron chi connectivity index (χ3n) is 17.9. The molecule has 9 aliphatic rings. The lowest BCUT2D eigenvalue weighted by atomic mass is 9.47. The van der Waals surface area contributed by atoms with Crippen LogP contribution in [0.1, 0.15) is 99.3 Å². The zero-order chi connectivity index (χ0) is 44.2. The van der Waals surface area contributed by atoms with Crippen molar-refractivity contribution in [2.24, 2.45) is 46.3 Å². The second-order valence-corrected chi connectivity index (χ2v) is 21.3. The summed E-state index contributed by atoms with van der Waals surface area (Å²) >= 11 is 0. The molecule has 5 aliphatic heterocycles. The minimum Gasteiger partial charge on any atom is -0.394 e. The van der Waals surface area contributed by atoms with Crippen molar-refractivity contribution in [3.63, 3.8) is 0 Å². The Morgan fingerprint density at radius 1 is 0.710 bits per heavy atom. The normalized spacial score (nSPS) is 57.6. The van der Waals surface area contributed by atoms with E-state index < -0.39 is 105 Å². The van der Waals surface area contributed by atoms with Gasteiger partial charge in [-0.25, -0.2) is 0 Å². The van der Waals surface area contributed by atoms with E-state index in [1.807, 2.05) is 0 Å². The van der Waals surface area contributed by atoms with Gasteiger partial charge in [0.25, 0.3) is 0 Å². The van der Waals surface area contributed by atoms with Crippen LogP contribution in [0.3, 0.4) is 0 Å². The van der Waals surface area contributed by atoms with Gasteiger partial charge in [-0.05, 0) is 106 Å². The Hall–Kier alpha value is -0.900. The average Bonchev–Trinajstić information content (AvgIpc) is 3.69. The number of hydrogen-bond donors (Lipinski definition) is 7. The highest BCUT2D eigenvalue weighted by molar-refractivity contribution is 5.26. The summed E-state index contributed by atoms with van der Waals surface area (Å²) in [6.45, 7) is 13.0. The number of methoxy groups -OCH3 is 1. The van der Waals surface area contributed by atoms with E-state index in [1.54, 1.807) is 6.92 Å². The highest BCUT2D eigenvalue weighted by Gasteiger charge is 2.69. The molecule has 0 radical (unpaired) electrons. The van der Waals surface area contributed by atoms with E-state index in [0.717, 1.165) is 45.1 Å². The zero-order valence-corrected chi connectivity index (χ0v) is 37.4. The van der Waals surface area contributed by atoms with E-state index in [0.29, 0.717) is 48.3 Å². The van der Waals surface area contributed by atoms with Crippen molar-refractivity contribution in [1.82, 2.24) is 0 Å². The van der Waals surface area contributed by atoms with Crippen molar-refractivity contribution in [3.8, 4) is 0 Å². The molecule has 8 fully saturated rings. The first-order valence-corrected chi connectivity index (χ1v) is 23.6. The number of allylic oxidation sites excluding steroid dienone is 1. The van der Waals surface area contributed by atoms with Crippen molar-refractivity contribution in [2.75, 3.05) is 20.3 Å². The van der Waals surface area contributed by atoms with Crippen LogP contribution in [0.4, 0.5) is 0 Å². The number of rotatable bonds is 8. The Kier molecular flexibility index (Phi) is 12.9. The van der Waals surface area contributed by atoms with Crippen LogP contribution in [0.2, 0.25) is 0 Å². The van der Waals surface area contributed by atoms with Crippen molar-refractivity contribution >= 4 is 0 Å². The summed E-state index contributed by atoms with van der Waals surface area (Å²) in [5, 5.41) is 76.3. The second kappa shape index (κ2) is 17.3. The molecule has 9 rings (SSSR count). The van der Waals surface area contributed by atoms with E-state index in [-0.39, 0.29) is 23.0 Å². The molecule has 16 nitrogen and oxygen atoms in total. The Morgan fingerprint density at radius 3 is 2.11 bits per heavy atom. The van der Waals surface area contributed by atoms with E-state index in [1.165, 1.54) is 26.0 Å². The van der Waals surface area contributed by atoms with Crippen molar-refractivity contribution in [2.45, 2.75) is 209 Å². The minimum absolute atomic E-state index is 0.00610. The Bertz CT molecular complexity index is 1610. The van der Waals surface area contributed by atoms with E-state index in [4.69, 9.17) is 42.6 Å². The standard InChI is InChI=1S/C46H74O16/c1-20-10-15-46(55-19-20)21(2)31-29(62-46)17-28-26-9-8-24-16-25(11-13-44(24,5)27(26)12-14-45(28,31)6)58-43-40(61-42-36(52)34(50)38(54-7)23(4)57-42)37(53)39(30(18-47)59-43)60-41-35(51)33(49)32(48)22(3)56-41/h8,20-23,25-43,47-53H,9-19H2,1-7H3/t20-,21+,22+,23+,25+,26-,27+,28+,29+,30-,31+,32+,33-,34+,35-,36-,37+,38+,39-,40-,41+,42+,43-,44+,45+,46-/m1/s1. The molecule has 0 aromatic carbocycles. The lowest BCUT2D eigenvalue weighted by Crippen LogP contribution is -2.66. The molecule has 0 aromatic heterocycles. The first-order valence-electron chi connectivity index (χ1n) is 23.6. The van der Waals surface area contributed by atoms with E-state index in [9.17, 15) is 35.7 Å². The smallest absolute Gasteiger partial charge is 0.187 e. The summed E-state index contributed by atoms with van der Waals surface area (Å²) < 4.78 is 56.0. The van der Waals surface area contributed by atoms with Gasteiger partial charge in [0.05, 0.1) is 37.6 Å². The molecular formula is C46H74O16. The van der Waals surface area contributed by atoms with Crippen LogP contribution in [-0.2, 0) is 42.6 Å². The van der Waals surface area contributed by atoms with Crippen molar-refractivity contribution < 1.29 is 78.4 Å². The Balaban J connectivity index is 0.918. The van der Waals surface area contributed by atoms with Gasteiger partial charge < -0.3 is 78.4 Å². The molecule has 1 spiro atoms. The SMILES string of the molecule is CO[C@@H]1[C@@H](O)[C@@H](O)[C@H](O[C@H]2[C@H](O[C@H]3CC[C@@]4(C)C(=CC[C@H]5[C@@H]6C[C@@H]7O[C@]8(CC[C@@H](C)CO8)[C@@H](C)[C@@H]7[C@@]6(C)CC[C@@H]54)C3)O[C@H](CO)[C@@H](O[C@@H]3O[C@@H](C)[C@H](O)[C@@H](O)[C@H]3O)[C@@H]2O)O[C@H]1C. The summed E-state index contributed by atoms with van der Waals surface area (Å²) in [5.74, 6) is 2.69. The molecule has 4 aliphatic carbocycles. The first-order chi connectivity index (χ1) is 29.4. The molecule has 26 atom stereocenters. The molecule has 5 heterocycles. The summed E-state index contributed by atoms with van der Waals surface area (Å²) in [6.07, 6.45) is -8.79. The number of aliphatic hydroxyl groups is 7. The largest absolute Gasteiger partial charge is 0.394 e. The van der Waals surface area contributed by atoms with Gasteiger partial charge in [-0.2, -0.15) is 0 Å². The maximum absolute atomic E-state index is 12.1. The Labute approximate surface area is 365 Å². The fourth-order valence-corrected chi connectivity index (χ4v) is 14.3. The molecule has 0 aromatic rings. The summed E-state index contributed by atoms with van der Waals surface area (Å²) in [5.41, 5.74) is 1.57. The highest BCUT2D eigenvalue weighted by Crippen LogP contribution is 2.70. The number of fused-ring (bicyclic) bond motifs is 7. The zero-order valence-electron chi connectivity index (χ0n) is 37.4. The number of hydrogen-bond acceptors (Lipinski definition) is 16. The highest BCUT2D eigenvalue weighted by atomic mass is 16.8. The molecule has 62 heavy (non-hydrogen) atoms. The minimum atomic E-state index is -1.69. The second-order valence-electron chi connectivity index (χ2n) is 21.3. The molecule has 354 valence electrons. The van der Waals surface area contributed by atoms with Gasteiger partial charge in [-0.3, -0.25) is 0 Å². The van der Waals surface area contributed by atoms with Gasteiger partial charge in [0.1, 0.15) is 61.0 Å². The summed E-state index contributed by atoms with van der Waals surface area (Å²) in [7, 11) is 1.40. The lowest BCUT2D eigenvalue weighted by molar-refractivity contribution is -0.389. The molecule has 0 amide bonds. The molecule has 5 saturated heterocycles. The van der Waals surface area contributed by atoms with Gasteiger partial charge in [-0.1, -0.05) is 39.3 Å². The molecule has 3 saturated carbocycles. The van der Waals surface area contributed by atoms with Crippen molar-refractivity contribution in [3.05, 3.63) is 11.6 Å².